The van der Waals surface area contributed by atoms with E-state index < -0.39 is 0 Å². The fourth-order valence-electron chi connectivity index (χ4n) is 3.59. The van der Waals surface area contributed by atoms with Crippen molar-refractivity contribution in [1.29, 1.82) is 0 Å². The lowest BCUT2D eigenvalue weighted by Crippen LogP contribution is -1.88. The fourth-order valence-corrected chi connectivity index (χ4v) is 3.59. The molecule has 4 aromatic rings. The van der Waals surface area contributed by atoms with Crippen molar-refractivity contribution < 1.29 is 4.39 Å². The molecule has 0 atom stereocenters. The largest absolute Gasteiger partial charge is 0.205 e. The van der Waals surface area contributed by atoms with Crippen LogP contribution in [0.15, 0.2) is 78.9 Å². The third-order valence-corrected chi connectivity index (χ3v) is 5.45. The van der Waals surface area contributed by atoms with Crippen molar-refractivity contribution in [2.45, 2.75) is 33.1 Å². The van der Waals surface area contributed by atoms with E-state index >= 15 is 4.39 Å². The van der Waals surface area contributed by atoms with Gasteiger partial charge in [0.2, 0.25) is 0 Å². The van der Waals surface area contributed by atoms with E-state index in [0.29, 0.717) is 10.9 Å². The second-order valence-electron chi connectivity index (χ2n) is 7.78. The van der Waals surface area contributed by atoms with Crippen molar-refractivity contribution in [2.75, 3.05) is 0 Å². The highest BCUT2D eigenvalue weighted by atomic mass is 19.1. The van der Waals surface area contributed by atoms with Crippen molar-refractivity contribution in [3.8, 4) is 23.0 Å². The van der Waals surface area contributed by atoms with Crippen LogP contribution in [0.4, 0.5) is 4.39 Å². The predicted octanol–water partition coefficient (Wildman–Crippen LogP) is 7.70. The molecule has 0 saturated heterocycles. The van der Waals surface area contributed by atoms with Crippen LogP contribution < -0.4 is 0 Å². The van der Waals surface area contributed by atoms with E-state index in [1.54, 1.807) is 6.07 Å². The van der Waals surface area contributed by atoms with Gasteiger partial charge in [0.15, 0.2) is 0 Å². The summed E-state index contributed by atoms with van der Waals surface area (Å²) >= 11 is 0. The van der Waals surface area contributed by atoms with Crippen LogP contribution in [0.1, 0.15) is 42.0 Å². The highest BCUT2D eigenvalue weighted by Gasteiger charge is 2.07. The number of aryl methyl sites for hydroxylation is 2. The van der Waals surface area contributed by atoms with Crippen LogP contribution in [-0.2, 0) is 6.42 Å². The molecule has 0 unspecified atom stereocenters. The SMILES string of the molecule is CCCCc1ccc(C#Cc2ccc3cc(-c4ccc(C)cc4)ccc3c2F)cc1. The van der Waals surface area contributed by atoms with Crippen LogP contribution in [0.3, 0.4) is 0 Å². The zero-order chi connectivity index (χ0) is 20.9. The van der Waals surface area contributed by atoms with E-state index in [-0.39, 0.29) is 5.82 Å². The minimum Gasteiger partial charge on any atom is -0.205 e. The summed E-state index contributed by atoms with van der Waals surface area (Å²) in [7, 11) is 0. The maximum atomic E-state index is 15.1. The Morgan fingerprint density at radius 1 is 0.767 bits per heavy atom. The molecule has 0 amide bonds. The summed E-state index contributed by atoms with van der Waals surface area (Å²) in [6, 6.07) is 26.2. The Morgan fingerprint density at radius 2 is 1.50 bits per heavy atom. The highest BCUT2D eigenvalue weighted by Crippen LogP contribution is 2.27. The van der Waals surface area contributed by atoms with E-state index in [0.717, 1.165) is 28.5 Å². The van der Waals surface area contributed by atoms with E-state index in [2.05, 4.69) is 62.1 Å². The van der Waals surface area contributed by atoms with Gasteiger partial charge < -0.3 is 0 Å². The van der Waals surface area contributed by atoms with Gasteiger partial charge in [0.25, 0.3) is 0 Å². The van der Waals surface area contributed by atoms with Gasteiger partial charge in [0.1, 0.15) is 5.82 Å². The Labute approximate surface area is 178 Å². The number of unbranched alkanes of at least 4 members (excludes halogenated alkanes) is 1. The van der Waals surface area contributed by atoms with Gasteiger partial charge in [0, 0.05) is 10.9 Å². The number of hydrogen-bond acceptors (Lipinski definition) is 0. The third kappa shape index (κ3) is 4.44. The Bertz CT molecular complexity index is 1220. The molecule has 0 aromatic heterocycles. The second kappa shape index (κ2) is 8.97. The van der Waals surface area contributed by atoms with Crippen LogP contribution >= 0.6 is 0 Å². The lowest BCUT2D eigenvalue weighted by Gasteiger charge is -2.07. The average Bonchev–Trinajstić information content (AvgIpc) is 2.78. The van der Waals surface area contributed by atoms with Crippen LogP contribution in [-0.4, -0.2) is 0 Å². The summed E-state index contributed by atoms with van der Waals surface area (Å²) in [5.74, 6) is 5.86. The topological polar surface area (TPSA) is 0 Å². The Balaban J connectivity index is 1.60. The van der Waals surface area contributed by atoms with Gasteiger partial charge in [-0.25, -0.2) is 4.39 Å². The van der Waals surface area contributed by atoms with E-state index in [1.807, 2.05) is 36.4 Å². The van der Waals surface area contributed by atoms with Crippen LogP contribution in [0.25, 0.3) is 21.9 Å². The standard InChI is InChI=1S/C29H25F/c1-3-4-5-22-8-10-23(11-9-22)12-15-25-16-17-27-20-26(18-19-28(27)29(25)30)24-13-6-21(2)7-14-24/h6-11,13-14,16-20H,3-5H2,1-2H3. The van der Waals surface area contributed by atoms with Crippen molar-refractivity contribution in [3.63, 3.8) is 0 Å². The van der Waals surface area contributed by atoms with Gasteiger partial charge in [-0.3, -0.25) is 0 Å². The smallest absolute Gasteiger partial charge is 0.146 e. The fraction of sp³-hybridized carbons (Fsp3) is 0.172. The zero-order valence-electron chi connectivity index (χ0n) is 17.5. The molecule has 0 N–H and O–H groups in total. The minimum atomic E-state index is -0.255. The van der Waals surface area contributed by atoms with E-state index in [4.69, 9.17) is 0 Å². The summed E-state index contributed by atoms with van der Waals surface area (Å²) in [5.41, 5.74) is 6.11. The van der Waals surface area contributed by atoms with Crippen molar-refractivity contribution >= 4 is 10.8 Å². The van der Waals surface area contributed by atoms with E-state index in [1.165, 1.54) is 24.0 Å². The van der Waals surface area contributed by atoms with Crippen LogP contribution in [0, 0.1) is 24.6 Å². The van der Waals surface area contributed by atoms with E-state index in [9.17, 15) is 0 Å². The molecule has 4 aromatic carbocycles. The lowest BCUT2D eigenvalue weighted by atomic mass is 9.99. The van der Waals surface area contributed by atoms with Crippen LogP contribution in [0.5, 0.6) is 0 Å². The first-order valence-corrected chi connectivity index (χ1v) is 10.5. The van der Waals surface area contributed by atoms with Crippen molar-refractivity contribution in [3.05, 3.63) is 107 Å². The monoisotopic (exact) mass is 392 g/mol. The molecule has 30 heavy (non-hydrogen) atoms. The molecule has 4 rings (SSSR count). The molecule has 0 spiro atoms. The maximum Gasteiger partial charge on any atom is 0.146 e. The summed E-state index contributed by atoms with van der Waals surface area (Å²) < 4.78 is 15.1. The maximum absolute atomic E-state index is 15.1. The Morgan fingerprint density at radius 3 is 2.23 bits per heavy atom. The molecule has 0 aliphatic rings. The van der Waals surface area contributed by atoms with Gasteiger partial charge in [-0.1, -0.05) is 85.3 Å². The molecule has 0 saturated carbocycles. The minimum absolute atomic E-state index is 0.255. The summed E-state index contributed by atoms with van der Waals surface area (Å²) in [4.78, 5) is 0. The molecule has 0 aliphatic carbocycles. The molecule has 0 aliphatic heterocycles. The first-order valence-electron chi connectivity index (χ1n) is 10.5. The number of benzene rings is 4. The molecule has 0 heterocycles. The lowest BCUT2D eigenvalue weighted by molar-refractivity contribution is 0.636. The number of fused-ring (bicyclic) bond motifs is 1. The third-order valence-electron chi connectivity index (χ3n) is 5.45. The van der Waals surface area contributed by atoms with Crippen LogP contribution in [0.2, 0.25) is 0 Å². The van der Waals surface area contributed by atoms with Crippen molar-refractivity contribution in [2.24, 2.45) is 0 Å². The molecule has 148 valence electrons. The number of hydrogen-bond donors (Lipinski definition) is 0. The van der Waals surface area contributed by atoms with Gasteiger partial charge in [-0.15, -0.1) is 0 Å². The highest BCUT2D eigenvalue weighted by molar-refractivity contribution is 5.89. The molecular weight excluding hydrogens is 367 g/mol. The van der Waals surface area contributed by atoms with Gasteiger partial charge in [0.05, 0.1) is 5.56 Å². The first-order chi connectivity index (χ1) is 14.6. The second-order valence-corrected chi connectivity index (χ2v) is 7.78. The van der Waals surface area contributed by atoms with Gasteiger partial charge in [-0.05, 0) is 66.1 Å². The number of rotatable bonds is 4. The summed E-state index contributed by atoms with van der Waals surface area (Å²) in [6.07, 6.45) is 3.47. The quantitative estimate of drug-likeness (QED) is 0.312. The molecule has 0 nitrogen and oxygen atoms in total. The first kappa shape index (κ1) is 19.9. The molecule has 0 bridgehead atoms. The summed E-state index contributed by atoms with van der Waals surface area (Å²) in [6.45, 7) is 4.27. The van der Waals surface area contributed by atoms with Gasteiger partial charge >= 0.3 is 0 Å². The molecule has 1 heteroatoms. The summed E-state index contributed by atoms with van der Waals surface area (Å²) in [5, 5.41) is 1.49. The normalized spacial score (nSPS) is 10.6. The molecular formula is C29H25F. The Hall–Kier alpha value is -3.37. The van der Waals surface area contributed by atoms with Crippen molar-refractivity contribution in [1.82, 2.24) is 0 Å². The average molecular weight is 393 g/mol. The predicted molar refractivity (Wildman–Crippen MR) is 125 cm³/mol. The zero-order valence-corrected chi connectivity index (χ0v) is 17.5. The Kier molecular flexibility index (Phi) is 5.96. The molecule has 0 radical (unpaired) electrons. The van der Waals surface area contributed by atoms with Gasteiger partial charge in [-0.2, -0.15) is 0 Å². The molecule has 0 fully saturated rings. The number of halogens is 1.